The van der Waals surface area contributed by atoms with Gasteiger partial charge in [-0.25, -0.2) is 14.5 Å². The predicted molar refractivity (Wildman–Crippen MR) is 166 cm³/mol. The summed E-state index contributed by atoms with van der Waals surface area (Å²) in [5.41, 5.74) is 3.39. The van der Waals surface area contributed by atoms with E-state index in [9.17, 15) is 9.59 Å². The van der Waals surface area contributed by atoms with E-state index in [1.54, 1.807) is 22.0 Å². The second-order valence-electron chi connectivity index (χ2n) is 11.0. The van der Waals surface area contributed by atoms with Gasteiger partial charge in [-0.2, -0.15) is 5.10 Å². The van der Waals surface area contributed by atoms with Crippen molar-refractivity contribution in [1.29, 1.82) is 0 Å². The summed E-state index contributed by atoms with van der Waals surface area (Å²) in [4.78, 5) is 44.2. The number of nitrogens with zero attached hydrogens (tertiary/aromatic N) is 7. The van der Waals surface area contributed by atoms with Crippen LogP contribution in [0.5, 0.6) is 0 Å². The molecule has 6 heterocycles. The molecule has 0 radical (unpaired) electrons. The van der Waals surface area contributed by atoms with E-state index in [0.29, 0.717) is 29.3 Å². The van der Waals surface area contributed by atoms with Crippen molar-refractivity contribution in [2.75, 3.05) is 44.2 Å². The number of rotatable bonds is 10. The number of amides is 2. The van der Waals surface area contributed by atoms with Crippen LogP contribution in [-0.4, -0.2) is 92.5 Å². The fourth-order valence-corrected chi connectivity index (χ4v) is 6.62. The van der Waals surface area contributed by atoms with Crippen LogP contribution in [0.25, 0.3) is 27.5 Å². The molecule has 0 saturated carbocycles. The summed E-state index contributed by atoms with van der Waals surface area (Å²) < 4.78 is 1.73. The van der Waals surface area contributed by atoms with Crippen LogP contribution < -0.4 is 10.2 Å². The van der Waals surface area contributed by atoms with E-state index in [2.05, 4.69) is 36.1 Å². The van der Waals surface area contributed by atoms with Gasteiger partial charge >= 0.3 is 0 Å². The van der Waals surface area contributed by atoms with Crippen LogP contribution in [0.1, 0.15) is 50.4 Å². The zero-order valence-corrected chi connectivity index (χ0v) is 25.3. The molecule has 6 rings (SSSR count). The molecule has 2 amide bonds. The lowest BCUT2D eigenvalue weighted by Gasteiger charge is -2.42. The first-order valence-corrected chi connectivity index (χ1v) is 15.8. The molecule has 4 aromatic rings. The van der Waals surface area contributed by atoms with E-state index in [0.717, 1.165) is 68.1 Å². The van der Waals surface area contributed by atoms with Gasteiger partial charge in [0.05, 0.1) is 28.0 Å². The summed E-state index contributed by atoms with van der Waals surface area (Å²) in [6.45, 7) is 11.1. The standard InChI is InChI=1S/C31H38N8O2S/c1-4-36(5-2)21(3)19-32-30(40)22-17-25(23-20-33-39-15-10-24(35-29(23)39)27-9-8-16-42-27)34-28(18-22)38-14-11-26(38)31(41)37-12-6-7-13-37/h8-10,15-18,20-21,26H,4-7,11-14,19H2,1-3H3,(H,32,40). The maximum Gasteiger partial charge on any atom is 0.251 e. The summed E-state index contributed by atoms with van der Waals surface area (Å²) in [5.74, 6) is 0.626. The number of anilines is 1. The number of fused-ring (bicyclic) bond motifs is 1. The first kappa shape index (κ1) is 28.3. The van der Waals surface area contributed by atoms with E-state index >= 15 is 0 Å². The topological polar surface area (TPSA) is 99.0 Å². The van der Waals surface area contributed by atoms with Crippen LogP contribution in [0.4, 0.5) is 5.82 Å². The molecule has 2 fully saturated rings. The van der Waals surface area contributed by atoms with Gasteiger partial charge in [0.1, 0.15) is 11.9 Å². The number of thiophene rings is 1. The molecule has 42 heavy (non-hydrogen) atoms. The van der Waals surface area contributed by atoms with Crippen LogP contribution in [0, 0.1) is 0 Å². The highest BCUT2D eigenvalue weighted by atomic mass is 32.1. The predicted octanol–water partition coefficient (Wildman–Crippen LogP) is 4.18. The van der Waals surface area contributed by atoms with Gasteiger partial charge in [-0.05, 0) is 68.9 Å². The second-order valence-corrected chi connectivity index (χ2v) is 12.0. The highest BCUT2D eigenvalue weighted by molar-refractivity contribution is 7.13. The Kier molecular flexibility index (Phi) is 8.21. The second kappa shape index (κ2) is 12.2. The molecule has 2 aliphatic heterocycles. The Morgan fingerprint density at radius 1 is 1.10 bits per heavy atom. The molecule has 4 aromatic heterocycles. The van der Waals surface area contributed by atoms with Crippen LogP contribution in [0.15, 0.2) is 48.1 Å². The van der Waals surface area contributed by atoms with Crippen molar-refractivity contribution in [3.05, 3.63) is 53.7 Å². The Morgan fingerprint density at radius 3 is 2.60 bits per heavy atom. The molecular formula is C31H38N8O2S. The number of aromatic nitrogens is 4. The Labute approximate surface area is 250 Å². The van der Waals surface area contributed by atoms with Gasteiger partial charge in [0, 0.05) is 44.0 Å². The minimum Gasteiger partial charge on any atom is -0.350 e. The van der Waals surface area contributed by atoms with Crippen LogP contribution in [0.3, 0.4) is 0 Å². The highest BCUT2D eigenvalue weighted by Crippen LogP contribution is 2.32. The Balaban J connectivity index is 1.35. The molecule has 11 heteroatoms. The number of likely N-dealkylation sites (tertiary alicyclic amines) is 1. The lowest BCUT2D eigenvalue weighted by Crippen LogP contribution is -2.57. The summed E-state index contributed by atoms with van der Waals surface area (Å²) in [6, 6.07) is 9.59. The van der Waals surface area contributed by atoms with Gasteiger partial charge in [-0.15, -0.1) is 11.3 Å². The average molecular weight is 587 g/mol. The van der Waals surface area contributed by atoms with Crippen molar-refractivity contribution in [1.82, 2.24) is 34.7 Å². The largest absolute Gasteiger partial charge is 0.350 e. The van der Waals surface area contributed by atoms with Crippen LogP contribution >= 0.6 is 11.3 Å². The van der Waals surface area contributed by atoms with E-state index in [1.807, 2.05) is 51.7 Å². The highest BCUT2D eigenvalue weighted by Gasteiger charge is 2.38. The maximum atomic E-state index is 13.6. The maximum absolute atomic E-state index is 13.6. The zero-order chi connectivity index (χ0) is 29.2. The molecule has 0 bridgehead atoms. The third-order valence-corrected chi connectivity index (χ3v) is 9.40. The molecule has 2 aliphatic rings. The van der Waals surface area contributed by atoms with Crippen molar-refractivity contribution in [2.24, 2.45) is 0 Å². The normalized spacial score (nSPS) is 17.6. The smallest absolute Gasteiger partial charge is 0.251 e. The Morgan fingerprint density at radius 2 is 1.90 bits per heavy atom. The number of pyridine rings is 1. The van der Waals surface area contributed by atoms with Gasteiger partial charge in [-0.1, -0.05) is 19.9 Å². The quantitative estimate of drug-likeness (QED) is 0.298. The van der Waals surface area contributed by atoms with Crippen molar-refractivity contribution >= 4 is 34.6 Å². The molecule has 2 unspecified atom stereocenters. The van der Waals surface area contributed by atoms with E-state index in [-0.39, 0.29) is 23.9 Å². The number of hydrogen-bond acceptors (Lipinski definition) is 8. The number of carbonyl (C=O) groups is 2. The van der Waals surface area contributed by atoms with Crippen LogP contribution in [-0.2, 0) is 4.79 Å². The Bertz CT molecular complexity index is 1560. The molecule has 0 aliphatic carbocycles. The lowest BCUT2D eigenvalue weighted by molar-refractivity contribution is -0.132. The molecule has 1 N–H and O–H groups in total. The molecule has 220 valence electrons. The fraction of sp³-hybridized carbons (Fsp3) is 0.452. The number of likely N-dealkylation sites (N-methyl/N-ethyl adjacent to an activating group) is 1. The zero-order valence-electron chi connectivity index (χ0n) is 24.5. The minimum absolute atomic E-state index is 0.156. The molecule has 2 atom stereocenters. The molecule has 2 saturated heterocycles. The monoisotopic (exact) mass is 586 g/mol. The first-order valence-electron chi connectivity index (χ1n) is 14.9. The number of carbonyl (C=O) groups excluding carboxylic acids is 2. The Hall–Kier alpha value is -3.83. The van der Waals surface area contributed by atoms with Gasteiger partial charge < -0.3 is 15.1 Å². The van der Waals surface area contributed by atoms with E-state index in [1.165, 1.54) is 0 Å². The van der Waals surface area contributed by atoms with Gasteiger partial charge in [0.15, 0.2) is 5.65 Å². The van der Waals surface area contributed by atoms with Crippen molar-refractivity contribution in [3.8, 4) is 21.8 Å². The summed E-state index contributed by atoms with van der Waals surface area (Å²) in [6.07, 6.45) is 6.54. The van der Waals surface area contributed by atoms with Gasteiger partial charge in [0.2, 0.25) is 5.91 Å². The minimum atomic E-state index is -0.253. The molecular weight excluding hydrogens is 548 g/mol. The van der Waals surface area contributed by atoms with Crippen molar-refractivity contribution in [3.63, 3.8) is 0 Å². The number of nitrogens with one attached hydrogen (secondary N) is 1. The fourth-order valence-electron chi connectivity index (χ4n) is 5.93. The first-order chi connectivity index (χ1) is 20.5. The van der Waals surface area contributed by atoms with Gasteiger partial charge in [-0.3, -0.25) is 14.5 Å². The van der Waals surface area contributed by atoms with E-state index < -0.39 is 0 Å². The van der Waals surface area contributed by atoms with Gasteiger partial charge in [0.25, 0.3) is 5.91 Å². The SMILES string of the molecule is CCN(CC)C(C)CNC(=O)c1cc(-c2cnn3ccc(-c4cccs4)nc23)nc(N2CCC2C(=O)N2CCCC2)c1. The average Bonchev–Trinajstić information content (AvgIpc) is 3.78. The molecule has 0 aromatic carbocycles. The third kappa shape index (κ3) is 5.50. The van der Waals surface area contributed by atoms with Crippen molar-refractivity contribution in [2.45, 2.75) is 52.1 Å². The molecule has 10 nitrogen and oxygen atoms in total. The summed E-state index contributed by atoms with van der Waals surface area (Å²) in [5, 5.41) is 9.69. The van der Waals surface area contributed by atoms with Crippen molar-refractivity contribution < 1.29 is 9.59 Å². The summed E-state index contributed by atoms with van der Waals surface area (Å²) >= 11 is 1.63. The number of hydrogen-bond donors (Lipinski definition) is 1. The summed E-state index contributed by atoms with van der Waals surface area (Å²) in [7, 11) is 0. The van der Waals surface area contributed by atoms with Crippen LogP contribution in [0.2, 0.25) is 0 Å². The van der Waals surface area contributed by atoms with E-state index in [4.69, 9.17) is 9.97 Å². The lowest BCUT2D eigenvalue weighted by atomic mass is 10.0. The molecule has 0 spiro atoms. The third-order valence-electron chi connectivity index (χ3n) is 8.50.